The van der Waals surface area contributed by atoms with Crippen molar-refractivity contribution in [2.24, 2.45) is 5.92 Å². The highest BCUT2D eigenvalue weighted by molar-refractivity contribution is 9.09. The summed E-state index contributed by atoms with van der Waals surface area (Å²) in [6.45, 7) is 8.29. The molecule has 0 aliphatic heterocycles. The topological polar surface area (TPSA) is 94.6 Å². The average molecular weight is 1230 g/mol. The number of halogens is 8. The minimum Gasteiger partial charge on any atom is -0.462 e. The molecule has 0 rings (SSSR count). The van der Waals surface area contributed by atoms with Crippen LogP contribution in [0.25, 0.3) is 0 Å². The maximum atomic E-state index is 11.7. The third-order valence-electron chi connectivity index (χ3n) is 5.30. The quantitative estimate of drug-likeness (QED) is 0.0587. The molecule has 0 aromatic rings. The minimum atomic E-state index is -1.42. The van der Waals surface area contributed by atoms with Gasteiger partial charge in [0.15, 0.2) is 0 Å². The van der Waals surface area contributed by atoms with Crippen molar-refractivity contribution in [2.45, 2.75) is 137 Å². The van der Waals surface area contributed by atoms with E-state index in [0.29, 0.717) is 0 Å². The van der Waals surface area contributed by atoms with E-state index < -0.39 is 18.6 Å². The molecule has 0 radical (unpaired) electrons. The summed E-state index contributed by atoms with van der Waals surface area (Å²) in [6, 6.07) is 0. The lowest BCUT2D eigenvalue weighted by molar-refractivity contribution is -0.153. The van der Waals surface area contributed by atoms with E-state index >= 15 is 0 Å². The zero-order valence-corrected chi connectivity index (χ0v) is 46.1. The Morgan fingerprint density at radius 2 is 0.681 bits per heavy atom. The molecule has 2 atom stereocenters. The number of hydrogen-bond acceptors (Lipinski definition) is 6. The van der Waals surface area contributed by atoms with Gasteiger partial charge in [-0.25, -0.2) is 0 Å². The SMILES string of the molecule is CBr.CBr.CBr.CBr.CBr.CBr.CBr.CBr.CCCCCCCCCCCCCCCCC(C)OC(=O)C(C)CC.O=[Si]=O.O=[Si]=O. The molecule has 0 heterocycles. The van der Waals surface area contributed by atoms with Gasteiger partial charge in [-0.15, -0.1) is 0 Å². The molecular weight excluding hydrogens is 1160 g/mol. The van der Waals surface area contributed by atoms with E-state index in [2.05, 4.69) is 134 Å². The van der Waals surface area contributed by atoms with Gasteiger partial charge in [0.2, 0.25) is 0 Å². The summed E-state index contributed by atoms with van der Waals surface area (Å²) in [4.78, 5) is 11.7. The highest BCUT2D eigenvalue weighted by atomic mass is 79.9. The van der Waals surface area contributed by atoms with Gasteiger partial charge in [0.05, 0.1) is 12.0 Å². The fourth-order valence-electron chi connectivity index (χ4n) is 3.17. The fraction of sp³-hybridized carbons (Fsp3) is 0.968. The van der Waals surface area contributed by atoms with Gasteiger partial charge < -0.3 is 4.74 Å². The number of carbonyl (C=O) groups is 1. The highest BCUT2D eigenvalue weighted by Crippen LogP contribution is 2.15. The fourth-order valence-corrected chi connectivity index (χ4v) is 3.17. The molecule has 0 aromatic carbocycles. The van der Waals surface area contributed by atoms with Gasteiger partial charge >= 0.3 is 24.6 Å². The number of hydrogen-bond donors (Lipinski definition) is 0. The van der Waals surface area contributed by atoms with Crippen LogP contribution in [0.1, 0.15) is 130 Å². The van der Waals surface area contributed by atoms with Crippen molar-refractivity contribution >= 4 is 152 Å². The van der Waals surface area contributed by atoms with Crippen LogP contribution < -0.4 is 0 Å². The van der Waals surface area contributed by atoms with Crippen molar-refractivity contribution in [3.63, 3.8) is 0 Å². The Kier molecular flexibility index (Phi) is 197. The second-order valence-corrected chi connectivity index (χ2v) is 8.44. The Morgan fingerprint density at radius 3 is 0.894 bits per heavy atom. The van der Waals surface area contributed by atoms with Gasteiger partial charge in [0, 0.05) is 0 Å². The van der Waals surface area contributed by atoms with E-state index in [1.807, 2.05) is 67.4 Å². The summed E-state index contributed by atoms with van der Waals surface area (Å²) >= 11 is 23.5. The molecule has 0 N–H and O–H groups in total. The highest BCUT2D eigenvalue weighted by Gasteiger charge is 2.15. The van der Waals surface area contributed by atoms with E-state index in [-0.39, 0.29) is 18.0 Å². The Morgan fingerprint density at radius 1 is 0.468 bits per heavy atom. The van der Waals surface area contributed by atoms with Gasteiger partial charge in [-0.3, -0.25) is 22.6 Å². The van der Waals surface area contributed by atoms with E-state index in [1.165, 1.54) is 89.9 Å². The van der Waals surface area contributed by atoms with Crippen LogP contribution >= 0.6 is 127 Å². The Hall–Kier alpha value is 2.94. The van der Waals surface area contributed by atoms with Crippen molar-refractivity contribution in [1.82, 2.24) is 0 Å². The van der Waals surface area contributed by atoms with Gasteiger partial charge in [0.25, 0.3) is 0 Å². The number of esters is 1. The second-order valence-electron chi connectivity index (χ2n) is 8.11. The second kappa shape index (κ2) is 117. The minimum absolute atomic E-state index is 0.0274. The van der Waals surface area contributed by atoms with E-state index in [1.54, 1.807) is 0 Å². The average Bonchev–Trinajstić information content (AvgIpc) is 3.15. The Bertz CT molecular complexity index is 469. The summed E-state index contributed by atoms with van der Waals surface area (Å²) in [5, 5.41) is 0. The molecule has 0 amide bonds. The van der Waals surface area contributed by atoms with Gasteiger partial charge in [-0.05, 0) is 72.9 Å². The standard InChI is InChI=1S/C23H46O2.8CH3Br.2O2Si/c1-5-7-8-9-10-11-12-13-14-15-16-17-18-19-20-22(4)25-23(24)21(3)6-2;8*1-2;2*1-3-2/h21-22H,5-20H2,1-4H3;8*1H3;;. The van der Waals surface area contributed by atoms with Gasteiger partial charge in [0.1, 0.15) is 0 Å². The van der Waals surface area contributed by atoms with Crippen LogP contribution in [-0.4, -0.2) is 77.3 Å². The van der Waals surface area contributed by atoms with Crippen LogP contribution in [0, 0.1) is 5.92 Å². The normalized spacial score (nSPS) is 8.60. The summed E-state index contributed by atoms with van der Waals surface area (Å²) in [6.07, 6.45) is 21.3. The van der Waals surface area contributed by atoms with Gasteiger partial charge in [-0.2, -0.15) is 0 Å². The van der Waals surface area contributed by atoms with E-state index in [0.717, 1.165) is 12.8 Å². The van der Waals surface area contributed by atoms with Crippen molar-refractivity contribution in [3.05, 3.63) is 0 Å². The smallest absolute Gasteiger partial charge is 0.462 e. The Balaban J connectivity index is -0.0000000544. The number of unbranched alkanes of at least 4 members (excludes halogenated alkanes) is 13. The van der Waals surface area contributed by atoms with Crippen LogP contribution in [-0.2, 0) is 27.4 Å². The lowest BCUT2D eigenvalue weighted by atomic mass is 10.0. The summed E-state index contributed by atoms with van der Waals surface area (Å²) in [5.74, 6) is 14.5. The molecule has 16 heteroatoms. The molecule has 0 aromatic heterocycles. The monoisotopic (exact) mass is 1230 g/mol. The van der Waals surface area contributed by atoms with Gasteiger partial charge in [-0.1, -0.05) is 232 Å². The van der Waals surface area contributed by atoms with Crippen LogP contribution in [0.15, 0.2) is 0 Å². The molecule has 0 aliphatic carbocycles. The van der Waals surface area contributed by atoms with Crippen molar-refractivity contribution in [3.8, 4) is 0 Å². The third-order valence-corrected chi connectivity index (χ3v) is 5.30. The zero-order chi connectivity index (χ0) is 40.2. The molecule has 0 spiro atoms. The van der Waals surface area contributed by atoms with Crippen molar-refractivity contribution in [2.75, 3.05) is 46.7 Å². The molecule has 0 saturated heterocycles. The van der Waals surface area contributed by atoms with Crippen molar-refractivity contribution in [1.29, 1.82) is 0 Å². The zero-order valence-electron chi connectivity index (χ0n) is 31.4. The third kappa shape index (κ3) is 129. The first-order valence-corrected chi connectivity index (χ1v) is 29.5. The molecular formula is C31H70Br8O6Si2. The molecule has 2 unspecified atom stereocenters. The first-order chi connectivity index (χ1) is 22.9. The van der Waals surface area contributed by atoms with Crippen molar-refractivity contribution < 1.29 is 27.4 Å². The van der Waals surface area contributed by atoms with E-state index in [4.69, 9.17) is 22.6 Å². The Labute approximate surface area is 364 Å². The molecule has 0 bridgehead atoms. The van der Waals surface area contributed by atoms with Crippen LogP contribution in [0.5, 0.6) is 0 Å². The number of ether oxygens (including phenoxy) is 1. The lowest BCUT2D eigenvalue weighted by Crippen LogP contribution is -2.20. The number of rotatable bonds is 18. The number of carbonyl (C=O) groups excluding carboxylic acids is 1. The number of alkyl halides is 8. The maximum Gasteiger partial charge on any atom is 0.549 e. The molecule has 47 heavy (non-hydrogen) atoms. The first kappa shape index (κ1) is 78.9. The molecule has 294 valence electrons. The first-order valence-electron chi connectivity index (χ1n) is 15.2. The predicted octanol–water partition coefficient (Wildman–Crippen LogP) is 14.7. The van der Waals surface area contributed by atoms with E-state index in [9.17, 15) is 4.79 Å². The van der Waals surface area contributed by atoms with Crippen LogP contribution in [0.4, 0.5) is 0 Å². The maximum absolute atomic E-state index is 11.7. The molecule has 6 nitrogen and oxygen atoms in total. The summed E-state index contributed by atoms with van der Waals surface area (Å²) < 4.78 is 39.1. The van der Waals surface area contributed by atoms with Crippen LogP contribution in [0.2, 0.25) is 0 Å². The summed E-state index contributed by atoms with van der Waals surface area (Å²) in [7, 11) is -2.83. The molecule has 0 aliphatic rings. The summed E-state index contributed by atoms with van der Waals surface area (Å²) in [5.41, 5.74) is 0. The predicted molar refractivity (Wildman–Crippen MR) is 243 cm³/mol. The molecule has 0 fully saturated rings. The lowest BCUT2D eigenvalue weighted by Gasteiger charge is -2.15. The molecule has 0 saturated carbocycles. The largest absolute Gasteiger partial charge is 0.549 e. The van der Waals surface area contributed by atoms with Crippen LogP contribution in [0.3, 0.4) is 0 Å².